The standard InChI is InChI=1S/C28H35N3O3/c1-20(27(29)34)19-30-22(12-11-21-7-3-2-4-8-21)17-26(33)31-15-13-28(14-16-31)18-25(32)23-9-5-6-10-24(23)28/h2-10,20,22,30H,11-19H2,1H3,(H2,29,34). The molecule has 1 spiro atoms. The summed E-state index contributed by atoms with van der Waals surface area (Å²) in [6, 6.07) is 18.1. The van der Waals surface area contributed by atoms with Gasteiger partial charge in [0, 0.05) is 55.4 Å². The molecule has 1 aliphatic carbocycles. The van der Waals surface area contributed by atoms with Crippen LogP contribution in [0.15, 0.2) is 54.6 Å². The molecule has 0 saturated carbocycles. The van der Waals surface area contributed by atoms with Gasteiger partial charge in [-0.05, 0) is 36.8 Å². The predicted octanol–water partition coefficient (Wildman–Crippen LogP) is 3.24. The minimum absolute atomic E-state index is 0.0285. The number of benzene rings is 2. The van der Waals surface area contributed by atoms with E-state index in [-0.39, 0.29) is 35.0 Å². The molecule has 0 bridgehead atoms. The van der Waals surface area contributed by atoms with Crippen LogP contribution in [0.5, 0.6) is 0 Å². The van der Waals surface area contributed by atoms with Crippen LogP contribution in [0.4, 0.5) is 0 Å². The van der Waals surface area contributed by atoms with Crippen molar-refractivity contribution in [3.63, 3.8) is 0 Å². The second kappa shape index (κ2) is 10.5. The lowest BCUT2D eigenvalue weighted by Crippen LogP contribution is -2.47. The molecular weight excluding hydrogens is 426 g/mol. The van der Waals surface area contributed by atoms with Crippen molar-refractivity contribution < 1.29 is 14.4 Å². The lowest BCUT2D eigenvalue weighted by atomic mass is 9.73. The third-order valence-electron chi connectivity index (χ3n) is 7.61. The van der Waals surface area contributed by atoms with E-state index in [1.54, 1.807) is 6.92 Å². The van der Waals surface area contributed by atoms with Gasteiger partial charge in [0.2, 0.25) is 11.8 Å². The van der Waals surface area contributed by atoms with Crippen molar-refractivity contribution in [2.45, 2.75) is 56.9 Å². The van der Waals surface area contributed by atoms with Gasteiger partial charge in [-0.1, -0.05) is 61.5 Å². The molecule has 2 aromatic rings. The minimum atomic E-state index is -0.339. The summed E-state index contributed by atoms with van der Waals surface area (Å²) in [6.07, 6.45) is 4.26. The van der Waals surface area contributed by atoms with Crippen LogP contribution >= 0.6 is 0 Å². The summed E-state index contributed by atoms with van der Waals surface area (Å²) < 4.78 is 0. The molecule has 34 heavy (non-hydrogen) atoms. The maximum absolute atomic E-state index is 13.2. The number of hydrogen-bond acceptors (Lipinski definition) is 4. The second-order valence-electron chi connectivity index (χ2n) is 9.94. The van der Waals surface area contributed by atoms with Crippen LogP contribution in [0.1, 0.15) is 60.5 Å². The Morgan fingerprint density at radius 1 is 1.06 bits per heavy atom. The summed E-state index contributed by atoms with van der Waals surface area (Å²) in [6.45, 7) is 3.60. The molecule has 0 aromatic heterocycles. The van der Waals surface area contributed by atoms with Crippen LogP contribution in [-0.4, -0.2) is 48.2 Å². The molecule has 180 valence electrons. The van der Waals surface area contributed by atoms with Crippen molar-refractivity contribution >= 4 is 17.6 Å². The van der Waals surface area contributed by atoms with Crippen LogP contribution in [-0.2, 0) is 21.4 Å². The fourth-order valence-corrected chi connectivity index (χ4v) is 5.36. The van der Waals surface area contributed by atoms with Gasteiger partial charge in [0.1, 0.15) is 0 Å². The number of nitrogens with two attached hydrogens (primary N) is 1. The molecule has 2 atom stereocenters. The first kappa shape index (κ1) is 24.1. The lowest BCUT2D eigenvalue weighted by molar-refractivity contribution is -0.133. The Morgan fingerprint density at radius 2 is 1.74 bits per heavy atom. The monoisotopic (exact) mass is 461 g/mol. The number of rotatable bonds is 9. The molecule has 1 saturated heterocycles. The van der Waals surface area contributed by atoms with Gasteiger partial charge in [-0.25, -0.2) is 0 Å². The average molecular weight is 462 g/mol. The summed E-state index contributed by atoms with van der Waals surface area (Å²) in [5.74, 6) is -0.272. The summed E-state index contributed by atoms with van der Waals surface area (Å²) in [5.41, 5.74) is 8.56. The SMILES string of the molecule is CC(CNC(CCc1ccccc1)CC(=O)N1CCC2(CC1)CC(=O)c1ccccc12)C(N)=O. The maximum atomic E-state index is 13.2. The lowest BCUT2D eigenvalue weighted by Gasteiger charge is -2.40. The number of likely N-dealkylation sites (tertiary alicyclic amines) is 1. The van der Waals surface area contributed by atoms with Crippen LogP contribution in [0.3, 0.4) is 0 Å². The van der Waals surface area contributed by atoms with Gasteiger partial charge < -0.3 is 16.0 Å². The minimum Gasteiger partial charge on any atom is -0.369 e. The number of hydrogen-bond donors (Lipinski definition) is 2. The van der Waals surface area contributed by atoms with E-state index in [2.05, 4.69) is 23.5 Å². The van der Waals surface area contributed by atoms with Crippen molar-refractivity contribution in [1.82, 2.24) is 10.2 Å². The maximum Gasteiger partial charge on any atom is 0.224 e. The zero-order valence-corrected chi connectivity index (χ0v) is 20.0. The Bertz CT molecular complexity index is 1030. The van der Waals surface area contributed by atoms with Gasteiger partial charge in [0.05, 0.1) is 0 Å². The zero-order chi connectivity index (χ0) is 24.1. The van der Waals surface area contributed by atoms with Gasteiger partial charge in [-0.15, -0.1) is 0 Å². The fourth-order valence-electron chi connectivity index (χ4n) is 5.36. The molecule has 4 rings (SSSR count). The number of nitrogens with one attached hydrogen (secondary N) is 1. The van der Waals surface area contributed by atoms with E-state index in [1.807, 2.05) is 41.3 Å². The second-order valence-corrected chi connectivity index (χ2v) is 9.94. The van der Waals surface area contributed by atoms with E-state index >= 15 is 0 Å². The molecular formula is C28H35N3O3. The molecule has 2 unspecified atom stereocenters. The molecule has 2 amide bonds. The highest BCUT2D eigenvalue weighted by molar-refractivity contribution is 6.02. The molecule has 2 aromatic carbocycles. The van der Waals surface area contributed by atoms with Crippen molar-refractivity contribution in [2.24, 2.45) is 11.7 Å². The van der Waals surface area contributed by atoms with Gasteiger partial charge in [-0.2, -0.15) is 0 Å². The quantitative estimate of drug-likeness (QED) is 0.600. The third-order valence-corrected chi connectivity index (χ3v) is 7.61. The van der Waals surface area contributed by atoms with E-state index in [0.717, 1.165) is 36.8 Å². The first-order valence-electron chi connectivity index (χ1n) is 12.3. The zero-order valence-electron chi connectivity index (χ0n) is 20.0. The molecule has 2 aliphatic rings. The number of fused-ring (bicyclic) bond motifs is 2. The molecule has 1 heterocycles. The summed E-state index contributed by atoms with van der Waals surface area (Å²) in [4.78, 5) is 39.2. The summed E-state index contributed by atoms with van der Waals surface area (Å²) in [7, 11) is 0. The molecule has 1 aliphatic heterocycles. The smallest absolute Gasteiger partial charge is 0.224 e. The average Bonchev–Trinajstić information content (AvgIpc) is 3.12. The van der Waals surface area contributed by atoms with Gasteiger partial charge >= 0.3 is 0 Å². The molecule has 0 radical (unpaired) electrons. The fraction of sp³-hybridized carbons (Fsp3) is 0.464. The van der Waals surface area contributed by atoms with E-state index in [9.17, 15) is 14.4 Å². The van der Waals surface area contributed by atoms with Crippen molar-refractivity contribution in [3.05, 3.63) is 71.3 Å². The van der Waals surface area contributed by atoms with Gasteiger partial charge in [-0.3, -0.25) is 14.4 Å². The van der Waals surface area contributed by atoms with E-state index in [0.29, 0.717) is 32.5 Å². The highest BCUT2D eigenvalue weighted by Gasteiger charge is 2.45. The number of primary amides is 1. The van der Waals surface area contributed by atoms with Crippen molar-refractivity contribution in [1.29, 1.82) is 0 Å². The molecule has 3 N–H and O–H groups in total. The van der Waals surface area contributed by atoms with Gasteiger partial charge in [0.15, 0.2) is 5.78 Å². The predicted molar refractivity (Wildman–Crippen MR) is 132 cm³/mol. The number of piperidine rings is 1. The number of aryl methyl sites for hydroxylation is 1. The van der Waals surface area contributed by atoms with E-state index in [1.165, 1.54) is 5.56 Å². The number of ketones is 1. The molecule has 6 nitrogen and oxygen atoms in total. The largest absolute Gasteiger partial charge is 0.369 e. The van der Waals surface area contributed by atoms with Crippen molar-refractivity contribution in [3.8, 4) is 0 Å². The Hall–Kier alpha value is -2.99. The topological polar surface area (TPSA) is 92.5 Å². The number of carbonyl (C=O) groups excluding carboxylic acids is 3. The highest BCUT2D eigenvalue weighted by atomic mass is 16.2. The van der Waals surface area contributed by atoms with Gasteiger partial charge in [0.25, 0.3) is 0 Å². The van der Waals surface area contributed by atoms with Crippen molar-refractivity contribution in [2.75, 3.05) is 19.6 Å². The molecule has 1 fully saturated rings. The van der Waals surface area contributed by atoms with E-state index < -0.39 is 0 Å². The molecule has 6 heteroatoms. The summed E-state index contributed by atoms with van der Waals surface area (Å²) in [5, 5.41) is 3.42. The number of carbonyl (C=O) groups is 3. The Balaban J connectivity index is 1.36. The Labute approximate surface area is 201 Å². The van der Waals surface area contributed by atoms with Crippen LogP contribution in [0.2, 0.25) is 0 Å². The first-order chi connectivity index (χ1) is 16.4. The number of nitrogens with zero attached hydrogens (tertiary/aromatic N) is 1. The van der Waals surface area contributed by atoms with E-state index in [4.69, 9.17) is 5.73 Å². The number of amides is 2. The Morgan fingerprint density at radius 3 is 2.44 bits per heavy atom. The third kappa shape index (κ3) is 5.39. The van der Waals surface area contributed by atoms with Crippen LogP contribution < -0.4 is 11.1 Å². The number of Topliss-reactive ketones (excluding diaryl/α,β-unsaturated/α-hetero) is 1. The summed E-state index contributed by atoms with van der Waals surface area (Å²) >= 11 is 0. The normalized spacial score (nSPS) is 18.5. The van der Waals surface area contributed by atoms with Crippen LogP contribution in [0.25, 0.3) is 0 Å². The van der Waals surface area contributed by atoms with Crippen LogP contribution in [0, 0.1) is 5.92 Å². The highest BCUT2D eigenvalue weighted by Crippen LogP contribution is 2.46. The Kier molecular flexibility index (Phi) is 7.47. The first-order valence-corrected chi connectivity index (χ1v) is 12.3.